The maximum atomic E-state index is 11.0. The first-order valence-electron chi connectivity index (χ1n) is 5.43. The minimum Gasteiger partial charge on any atom is -0.372 e. The molecule has 1 heterocycles. The molecule has 0 aromatic heterocycles. The number of aryl methyl sites for hydroxylation is 1. The molecule has 18 heavy (non-hydrogen) atoms. The second-order valence-corrected chi connectivity index (χ2v) is 3.84. The Hall–Kier alpha value is -1.82. The zero-order valence-electron chi connectivity index (χ0n) is 9.97. The number of hydrogen-bond acceptors (Lipinski definition) is 5. The predicted octanol–water partition coefficient (Wildman–Crippen LogP) is 1.74. The molecule has 6 nitrogen and oxygen atoms in total. The second kappa shape index (κ2) is 6.20. The van der Waals surface area contributed by atoms with Gasteiger partial charge in [0.25, 0.3) is 5.69 Å². The van der Waals surface area contributed by atoms with Gasteiger partial charge in [-0.05, 0) is 13.0 Å². The third-order valence-corrected chi connectivity index (χ3v) is 2.61. The number of halogens is 1. The van der Waals surface area contributed by atoms with Gasteiger partial charge in [-0.1, -0.05) is 12.1 Å². The van der Waals surface area contributed by atoms with Crippen LogP contribution < -0.4 is 10.6 Å². The lowest BCUT2D eigenvalue weighted by atomic mass is 10.1. The first-order valence-corrected chi connectivity index (χ1v) is 5.43. The summed E-state index contributed by atoms with van der Waals surface area (Å²) >= 11 is 0. The Morgan fingerprint density at radius 1 is 1.56 bits per heavy atom. The van der Waals surface area contributed by atoms with Gasteiger partial charge < -0.3 is 10.6 Å². The summed E-state index contributed by atoms with van der Waals surface area (Å²) in [6.07, 6.45) is 0. The summed E-state index contributed by atoms with van der Waals surface area (Å²) in [5, 5.41) is 17.1. The number of nitro benzene ring substituents is 1. The number of anilines is 1. The fourth-order valence-corrected chi connectivity index (χ4v) is 1.79. The highest BCUT2D eigenvalue weighted by Gasteiger charge is 2.17. The van der Waals surface area contributed by atoms with Crippen molar-refractivity contribution in [2.24, 2.45) is 4.99 Å². The number of nitrogens with one attached hydrogen (secondary N) is 2. The molecule has 2 N–H and O–H groups in total. The number of para-hydroxylation sites is 1. The van der Waals surface area contributed by atoms with E-state index < -0.39 is 0 Å². The Morgan fingerprint density at radius 3 is 2.94 bits per heavy atom. The molecule has 1 aromatic carbocycles. The van der Waals surface area contributed by atoms with Crippen LogP contribution in [-0.2, 0) is 0 Å². The van der Waals surface area contributed by atoms with Gasteiger partial charge in [-0.3, -0.25) is 15.1 Å². The Balaban J connectivity index is 0.00000162. The quantitative estimate of drug-likeness (QED) is 0.645. The number of amidine groups is 1. The van der Waals surface area contributed by atoms with Crippen molar-refractivity contribution in [3.8, 4) is 0 Å². The van der Waals surface area contributed by atoms with Crippen LogP contribution >= 0.6 is 12.4 Å². The molecular weight excluding hydrogens is 256 g/mol. The molecule has 0 radical (unpaired) electrons. The second-order valence-electron chi connectivity index (χ2n) is 3.84. The van der Waals surface area contributed by atoms with Crippen LogP contribution in [0.15, 0.2) is 23.2 Å². The molecule has 7 heteroatoms. The summed E-state index contributed by atoms with van der Waals surface area (Å²) in [6, 6.07) is 5.24. The number of rotatable bonds is 4. The first-order chi connectivity index (χ1) is 8.18. The van der Waals surface area contributed by atoms with Crippen LogP contribution in [0.25, 0.3) is 0 Å². The zero-order valence-corrected chi connectivity index (χ0v) is 10.8. The summed E-state index contributed by atoms with van der Waals surface area (Å²) in [4.78, 5) is 14.8. The number of hydrogen-bond donors (Lipinski definition) is 2. The van der Waals surface area contributed by atoms with Crippen LogP contribution in [0.4, 0.5) is 11.4 Å². The van der Waals surface area contributed by atoms with Crippen LogP contribution in [-0.4, -0.2) is 30.4 Å². The molecular formula is C11H15ClN4O2. The Bertz CT molecular complexity index is 476. The van der Waals surface area contributed by atoms with E-state index in [2.05, 4.69) is 15.6 Å². The Kier molecular flexibility index (Phi) is 4.91. The number of nitro groups is 1. The monoisotopic (exact) mass is 270 g/mol. The molecule has 0 unspecified atom stereocenters. The third-order valence-electron chi connectivity index (χ3n) is 2.61. The van der Waals surface area contributed by atoms with Crippen molar-refractivity contribution < 1.29 is 4.92 Å². The van der Waals surface area contributed by atoms with Gasteiger partial charge in [0.1, 0.15) is 11.5 Å². The minimum absolute atomic E-state index is 0. The van der Waals surface area contributed by atoms with Crippen molar-refractivity contribution >= 4 is 29.6 Å². The van der Waals surface area contributed by atoms with Gasteiger partial charge in [0.05, 0.1) is 18.0 Å². The number of nitrogens with zero attached hydrogens (tertiary/aromatic N) is 2. The Morgan fingerprint density at radius 2 is 2.33 bits per heavy atom. The SMILES string of the molecule is Cc1cccc(NCC2=NCCN2)c1[N+](=O)[O-].Cl. The summed E-state index contributed by atoms with van der Waals surface area (Å²) < 4.78 is 0. The van der Waals surface area contributed by atoms with Crippen molar-refractivity contribution in [3.63, 3.8) is 0 Å². The molecule has 0 saturated carbocycles. The van der Waals surface area contributed by atoms with Crippen molar-refractivity contribution in [3.05, 3.63) is 33.9 Å². The average molecular weight is 271 g/mol. The number of aliphatic imine (C=N–C) groups is 1. The molecule has 0 fully saturated rings. The normalized spacial score (nSPS) is 13.3. The van der Waals surface area contributed by atoms with E-state index in [1.54, 1.807) is 25.1 Å². The van der Waals surface area contributed by atoms with Gasteiger partial charge in [-0.2, -0.15) is 0 Å². The molecule has 1 aromatic rings. The average Bonchev–Trinajstić information content (AvgIpc) is 2.78. The largest absolute Gasteiger partial charge is 0.372 e. The number of benzene rings is 1. The van der Waals surface area contributed by atoms with Gasteiger partial charge in [0, 0.05) is 12.1 Å². The molecule has 0 amide bonds. The Labute approximate surface area is 111 Å². The van der Waals surface area contributed by atoms with Crippen molar-refractivity contribution in [1.82, 2.24) is 5.32 Å². The molecule has 98 valence electrons. The van der Waals surface area contributed by atoms with E-state index in [0.717, 1.165) is 18.9 Å². The zero-order chi connectivity index (χ0) is 12.3. The highest BCUT2D eigenvalue weighted by Crippen LogP contribution is 2.27. The molecule has 0 aliphatic carbocycles. The summed E-state index contributed by atoms with van der Waals surface area (Å²) in [5.41, 5.74) is 1.32. The molecule has 0 bridgehead atoms. The molecule has 1 aliphatic heterocycles. The van der Waals surface area contributed by atoms with Crippen LogP contribution in [0.5, 0.6) is 0 Å². The van der Waals surface area contributed by atoms with Gasteiger partial charge in [-0.25, -0.2) is 0 Å². The van der Waals surface area contributed by atoms with Gasteiger partial charge in [0.15, 0.2) is 0 Å². The topological polar surface area (TPSA) is 79.6 Å². The van der Waals surface area contributed by atoms with E-state index in [0.29, 0.717) is 17.8 Å². The van der Waals surface area contributed by atoms with Crippen LogP contribution in [0.2, 0.25) is 0 Å². The van der Waals surface area contributed by atoms with E-state index in [1.165, 1.54) is 0 Å². The lowest BCUT2D eigenvalue weighted by Crippen LogP contribution is -2.26. The van der Waals surface area contributed by atoms with E-state index in [9.17, 15) is 10.1 Å². The molecule has 0 atom stereocenters. The molecule has 0 saturated heterocycles. The van der Waals surface area contributed by atoms with E-state index in [1.807, 2.05) is 0 Å². The lowest BCUT2D eigenvalue weighted by molar-refractivity contribution is -0.384. The maximum Gasteiger partial charge on any atom is 0.295 e. The van der Waals surface area contributed by atoms with E-state index in [4.69, 9.17) is 0 Å². The smallest absolute Gasteiger partial charge is 0.295 e. The van der Waals surface area contributed by atoms with Crippen molar-refractivity contribution in [1.29, 1.82) is 0 Å². The van der Waals surface area contributed by atoms with E-state index >= 15 is 0 Å². The standard InChI is InChI=1S/C11H14N4O2.ClH/c1-8-3-2-4-9(11(8)15(16)17)14-7-10-12-5-6-13-10;/h2-4,14H,5-7H2,1H3,(H,12,13);1H. The maximum absolute atomic E-state index is 11.0. The summed E-state index contributed by atoms with van der Waals surface area (Å²) in [5.74, 6) is 0.848. The van der Waals surface area contributed by atoms with Gasteiger partial charge >= 0.3 is 0 Å². The molecule has 0 spiro atoms. The summed E-state index contributed by atoms with van der Waals surface area (Å²) in [7, 11) is 0. The summed E-state index contributed by atoms with van der Waals surface area (Å²) in [6.45, 7) is 3.83. The fourth-order valence-electron chi connectivity index (χ4n) is 1.79. The van der Waals surface area contributed by atoms with Crippen molar-refractivity contribution in [2.45, 2.75) is 6.92 Å². The minimum atomic E-state index is -0.360. The molecule has 2 rings (SSSR count). The third kappa shape index (κ3) is 3.10. The van der Waals surface area contributed by atoms with E-state index in [-0.39, 0.29) is 23.0 Å². The predicted molar refractivity (Wildman–Crippen MR) is 73.9 cm³/mol. The fraction of sp³-hybridized carbons (Fsp3) is 0.364. The van der Waals surface area contributed by atoms with Crippen LogP contribution in [0.3, 0.4) is 0 Å². The lowest BCUT2D eigenvalue weighted by Gasteiger charge is -2.08. The first kappa shape index (κ1) is 14.2. The highest BCUT2D eigenvalue weighted by atomic mass is 35.5. The van der Waals surface area contributed by atoms with Crippen LogP contribution in [0, 0.1) is 17.0 Å². The van der Waals surface area contributed by atoms with Gasteiger partial charge in [-0.15, -0.1) is 12.4 Å². The molecule has 1 aliphatic rings. The van der Waals surface area contributed by atoms with Gasteiger partial charge in [0.2, 0.25) is 0 Å². The van der Waals surface area contributed by atoms with Crippen LogP contribution in [0.1, 0.15) is 5.56 Å². The van der Waals surface area contributed by atoms with Crippen molar-refractivity contribution in [2.75, 3.05) is 25.0 Å². The highest BCUT2D eigenvalue weighted by molar-refractivity contribution is 5.88.